The maximum atomic E-state index is 12.6. The number of hydrogen-bond acceptors (Lipinski definition) is 7. The first-order valence-electron chi connectivity index (χ1n) is 8.97. The topological polar surface area (TPSA) is 116 Å². The van der Waals surface area contributed by atoms with Crippen molar-refractivity contribution in [3.8, 4) is 0 Å². The molecule has 0 radical (unpaired) electrons. The van der Waals surface area contributed by atoms with Crippen LogP contribution in [0.15, 0.2) is 30.3 Å². The lowest BCUT2D eigenvalue weighted by Crippen LogP contribution is -2.37. The predicted molar refractivity (Wildman–Crippen MR) is 100 cm³/mol. The Hall–Kier alpha value is -1.97. The van der Waals surface area contributed by atoms with Gasteiger partial charge >= 0.3 is 11.9 Å². The number of aliphatic carboxylic acids is 1. The van der Waals surface area contributed by atoms with Crippen molar-refractivity contribution < 1.29 is 37.3 Å². The Bertz CT molecular complexity index is 787. The van der Waals surface area contributed by atoms with Gasteiger partial charge < -0.3 is 19.3 Å². The van der Waals surface area contributed by atoms with Crippen LogP contribution in [-0.2, 0) is 40.1 Å². The van der Waals surface area contributed by atoms with E-state index in [1.54, 1.807) is 44.2 Å². The van der Waals surface area contributed by atoms with Crippen LogP contribution in [0, 0.1) is 5.92 Å². The van der Waals surface area contributed by atoms with Crippen molar-refractivity contribution in [2.24, 2.45) is 5.92 Å². The lowest BCUT2D eigenvalue weighted by molar-refractivity contribution is -0.157. The van der Waals surface area contributed by atoms with E-state index in [2.05, 4.69) is 0 Å². The third-order valence-corrected chi connectivity index (χ3v) is 6.59. The Morgan fingerprint density at radius 1 is 1.29 bits per heavy atom. The third kappa shape index (κ3) is 6.29. The van der Waals surface area contributed by atoms with Gasteiger partial charge in [0.25, 0.3) is 0 Å². The zero-order valence-corrected chi connectivity index (χ0v) is 17.0. The Kier molecular flexibility index (Phi) is 7.19. The molecule has 0 aromatic heterocycles. The molecule has 3 atom stereocenters. The number of carbonyl (C=O) groups excluding carboxylic acids is 1. The SMILES string of the molecule is CC(C(=O)OCC1COC(C)(C)O1)S(=O)(=O)CC(Cc1ccccc1)C(=O)O. The zero-order valence-electron chi connectivity index (χ0n) is 16.2. The minimum atomic E-state index is -4.02. The number of hydrogen-bond donors (Lipinski definition) is 1. The average molecular weight is 414 g/mol. The van der Waals surface area contributed by atoms with Crippen LogP contribution >= 0.6 is 0 Å². The highest BCUT2D eigenvalue weighted by molar-refractivity contribution is 7.92. The van der Waals surface area contributed by atoms with Gasteiger partial charge in [0.2, 0.25) is 0 Å². The van der Waals surface area contributed by atoms with Crippen LogP contribution in [0.4, 0.5) is 0 Å². The summed E-state index contributed by atoms with van der Waals surface area (Å²) >= 11 is 0. The highest BCUT2D eigenvalue weighted by Crippen LogP contribution is 2.22. The van der Waals surface area contributed by atoms with E-state index >= 15 is 0 Å². The van der Waals surface area contributed by atoms with Gasteiger partial charge in [-0.2, -0.15) is 0 Å². The maximum absolute atomic E-state index is 12.6. The van der Waals surface area contributed by atoms with Crippen LogP contribution in [0.25, 0.3) is 0 Å². The van der Waals surface area contributed by atoms with Crippen LogP contribution in [-0.4, -0.2) is 61.6 Å². The number of ether oxygens (including phenoxy) is 3. The van der Waals surface area contributed by atoms with Crippen LogP contribution in [0.1, 0.15) is 26.3 Å². The summed E-state index contributed by atoms with van der Waals surface area (Å²) in [6.07, 6.45) is -0.418. The molecule has 0 spiro atoms. The second-order valence-electron chi connectivity index (χ2n) is 7.28. The monoisotopic (exact) mass is 414 g/mol. The molecule has 1 aliphatic heterocycles. The van der Waals surface area contributed by atoms with Gasteiger partial charge in [-0.25, -0.2) is 8.42 Å². The zero-order chi connectivity index (χ0) is 20.9. The smallest absolute Gasteiger partial charge is 0.324 e. The highest BCUT2D eigenvalue weighted by Gasteiger charge is 2.37. The minimum absolute atomic E-state index is 0.0551. The second kappa shape index (κ2) is 9.02. The molecule has 0 amide bonds. The van der Waals surface area contributed by atoms with Gasteiger partial charge in [0.05, 0.1) is 18.3 Å². The van der Waals surface area contributed by atoms with Crippen molar-refractivity contribution in [1.82, 2.24) is 0 Å². The normalized spacial score (nSPS) is 21.0. The van der Waals surface area contributed by atoms with Gasteiger partial charge in [0.15, 0.2) is 20.9 Å². The molecule has 1 aromatic carbocycles. The fourth-order valence-corrected chi connectivity index (χ4v) is 4.30. The van der Waals surface area contributed by atoms with Gasteiger partial charge in [-0.15, -0.1) is 0 Å². The van der Waals surface area contributed by atoms with Gasteiger partial charge in [0, 0.05) is 0 Å². The van der Waals surface area contributed by atoms with Crippen molar-refractivity contribution in [2.45, 2.75) is 44.3 Å². The summed E-state index contributed by atoms with van der Waals surface area (Å²) in [6.45, 7) is 4.75. The van der Waals surface area contributed by atoms with E-state index in [-0.39, 0.29) is 19.6 Å². The number of sulfone groups is 1. The standard InChI is InChI=1S/C19H26O8S/c1-13(18(22)25-10-16-11-26-19(2,3)27-16)28(23,24)12-15(17(20)21)9-14-7-5-4-6-8-14/h4-8,13,15-16H,9-12H2,1-3H3,(H,20,21). The quantitative estimate of drug-likeness (QED) is 0.603. The second-order valence-corrected chi connectivity index (χ2v) is 9.64. The Morgan fingerprint density at radius 2 is 1.93 bits per heavy atom. The van der Waals surface area contributed by atoms with Crippen molar-refractivity contribution in [2.75, 3.05) is 19.0 Å². The molecular formula is C19H26O8S. The molecule has 1 aromatic rings. The number of rotatable bonds is 9. The van der Waals surface area contributed by atoms with E-state index in [9.17, 15) is 23.1 Å². The van der Waals surface area contributed by atoms with Gasteiger partial charge in [-0.05, 0) is 32.8 Å². The molecule has 1 N–H and O–H groups in total. The highest BCUT2D eigenvalue weighted by atomic mass is 32.2. The van der Waals surface area contributed by atoms with Gasteiger partial charge in [-0.3, -0.25) is 9.59 Å². The summed E-state index contributed by atoms with van der Waals surface area (Å²) in [4.78, 5) is 23.7. The molecule has 0 bridgehead atoms. The molecule has 0 saturated carbocycles. The first-order chi connectivity index (χ1) is 13.0. The van der Waals surface area contributed by atoms with Crippen molar-refractivity contribution in [1.29, 1.82) is 0 Å². The molecule has 28 heavy (non-hydrogen) atoms. The van der Waals surface area contributed by atoms with Crippen LogP contribution in [0.5, 0.6) is 0 Å². The molecule has 0 aliphatic carbocycles. The van der Waals surface area contributed by atoms with E-state index < -0.39 is 50.6 Å². The summed E-state index contributed by atoms with van der Waals surface area (Å²) in [6, 6.07) is 8.74. The molecule has 9 heteroatoms. The Morgan fingerprint density at radius 3 is 2.46 bits per heavy atom. The third-order valence-electron chi connectivity index (χ3n) is 4.46. The summed E-state index contributed by atoms with van der Waals surface area (Å²) in [5, 5.41) is 7.93. The average Bonchev–Trinajstić information content (AvgIpc) is 2.98. The van der Waals surface area contributed by atoms with E-state index in [1.807, 2.05) is 0 Å². The number of carbonyl (C=O) groups is 2. The molecular weight excluding hydrogens is 388 g/mol. The van der Waals surface area contributed by atoms with E-state index in [4.69, 9.17) is 14.2 Å². The molecule has 3 unspecified atom stereocenters. The number of carboxylic acid groups (broad SMARTS) is 1. The Labute approximate surface area is 164 Å². The summed E-state index contributed by atoms with van der Waals surface area (Å²) in [5.41, 5.74) is 0.710. The predicted octanol–water partition coefficient (Wildman–Crippen LogP) is 1.43. The van der Waals surface area contributed by atoms with Crippen LogP contribution in [0.3, 0.4) is 0 Å². The van der Waals surface area contributed by atoms with Crippen molar-refractivity contribution in [3.63, 3.8) is 0 Å². The fraction of sp³-hybridized carbons (Fsp3) is 0.579. The minimum Gasteiger partial charge on any atom is -0.481 e. The molecule has 2 rings (SSSR count). The van der Waals surface area contributed by atoms with Gasteiger partial charge in [-0.1, -0.05) is 30.3 Å². The van der Waals surface area contributed by atoms with Gasteiger partial charge in [0.1, 0.15) is 12.7 Å². The maximum Gasteiger partial charge on any atom is 0.324 e. The first kappa shape index (κ1) is 22.3. The fourth-order valence-electron chi connectivity index (χ4n) is 2.83. The lowest BCUT2D eigenvalue weighted by Gasteiger charge is -2.19. The molecule has 156 valence electrons. The lowest BCUT2D eigenvalue weighted by atomic mass is 10.0. The van der Waals surface area contributed by atoms with Crippen LogP contribution < -0.4 is 0 Å². The molecule has 1 fully saturated rings. The molecule has 8 nitrogen and oxygen atoms in total. The Balaban J connectivity index is 1.95. The number of benzene rings is 1. The largest absolute Gasteiger partial charge is 0.481 e. The van der Waals surface area contributed by atoms with E-state index in [0.29, 0.717) is 5.56 Å². The van der Waals surface area contributed by atoms with E-state index in [1.165, 1.54) is 6.92 Å². The first-order valence-corrected chi connectivity index (χ1v) is 10.7. The molecule has 1 heterocycles. The summed E-state index contributed by atoms with van der Waals surface area (Å²) in [5.74, 6) is -4.75. The molecule has 1 saturated heterocycles. The van der Waals surface area contributed by atoms with Crippen LogP contribution in [0.2, 0.25) is 0 Å². The van der Waals surface area contributed by atoms with Crippen molar-refractivity contribution >= 4 is 21.8 Å². The van der Waals surface area contributed by atoms with Crippen molar-refractivity contribution in [3.05, 3.63) is 35.9 Å². The molecule has 1 aliphatic rings. The summed E-state index contributed by atoms with van der Waals surface area (Å²) < 4.78 is 41.0. The summed E-state index contributed by atoms with van der Waals surface area (Å²) in [7, 11) is -4.02. The van der Waals surface area contributed by atoms with E-state index in [0.717, 1.165) is 0 Å². The number of carboxylic acids is 1. The number of esters is 1.